The lowest BCUT2D eigenvalue weighted by atomic mass is 10.0. The lowest BCUT2D eigenvalue weighted by molar-refractivity contribution is -0.870. The van der Waals surface area contributed by atoms with Crippen LogP contribution in [0.4, 0.5) is 0 Å². The molecule has 0 radical (unpaired) electrons. The van der Waals surface area contributed by atoms with Crippen LogP contribution in [-0.4, -0.2) is 75.6 Å². The first-order valence-corrected chi connectivity index (χ1v) is 23.9. The number of likely N-dealkylation sites (N-methyl/N-ethyl adjacent to an activating group) is 1. The van der Waals surface area contributed by atoms with Crippen LogP contribution in [0.15, 0.2) is 48.6 Å². The van der Waals surface area contributed by atoms with Crippen molar-refractivity contribution in [2.45, 2.75) is 187 Å². The van der Waals surface area contributed by atoms with E-state index in [-0.39, 0.29) is 25.8 Å². The minimum absolute atomic E-state index is 0.0851. The molecule has 2 unspecified atom stereocenters. The minimum Gasteiger partial charge on any atom is -0.457 e. The Morgan fingerprint density at radius 3 is 1.58 bits per heavy atom. The second-order valence-electron chi connectivity index (χ2n) is 16.1. The van der Waals surface area contributed by atoms with Gasteiger partial charge >= 0.3 is 13.8 Å². The van der Waals surface area contributed by atoms with Gasteiger partial charge in [0.2, 0.25) is 0 Å². The summed E-state index contributed by atoms with van der Waals surface area (Å²) in [6, 6.07) is 0. The van der Waals surface area contributed by atoms with Crippen molar-refractivity contribution in [3.8, 4) is 0 Å². The molecule has 0 saturated carbocycles. The SMILES string of the molecule is CC/C=C\C/C=C\C/C=C\C/C=C\CCCCCCCCC(=O)OC(COCCCCCCCCCCCCCCCC)COP(=O)(O)OCC[N+](C)(C)C. The van der Waals surface area contributed by atoms with E-state index in [1.165, 1.54) is 89.9 Å². The molecule has 1 N–H and O–H groups in total. The van der Waals surface area contributed by atoms with E-state index in [9.17, 15) is 14.3 Å². The third-order valence-corrected chi connectivity index (χ3v) is 10.4. The normalized spacial score (nSPS) is 14.2. The number of ether oxygens (including phenoxy) is 2. The molecule has 9 heteroatoms. The number of allylic oxidation sites excluding steroid dienone is 8. The number of hydrogen-bond donors (Lipinski definition) is 1. The lowest BCUT2D eigenvalue weighted by Gasteiger charge is -2.24. The molecule has 0 rings (SSSR count). The summed E-state index contributed by atoms with van der Waals surface area (Å²) in [5, 5.41) is 0. The third-order valence-electron chi connectivity index (χ3n) is 9.40. The van der Waals surface area contributed by atoms with E-state index >= 15 is 0 Å². The van der Waals surface area contributed by atoms with Gasteiger partial charge in [0.1, 0.15) is 19.3 Å². The fourth-order valence-electron chi connectivity index (χ4n) is 5.96. The number of nitrogens with zero attached hydrogens (tertiary/aromatic N) is 1. The number of phosphoric ester groups is 1. The Kier molecular flexibility index (Phi) is 38.2. The average molecular weight is 797 g/mol. The Hall–Kier alpha value is -1.54. The number of quaternary nitrogens is 1. The van der Waals surface area contributed by atoms with Crippen LogP contribution in [-0.2, 0) is 27.9 Å². The zero-order valence-corrected chi connectivity index (χ0v) is 37.3. The summed E-state index contributed by atoms with van der Waals surface area (Å²) in [4.78, 5) is 22.9. The van der Waals surface area contributed by atoms with Crippen LogP contribution in [0, 0.1) is 0 Å². The molecule has 55 heavy (non-hydrogen) atoms. The maximum atomic E-state index is 12.7. The quantitative estimate of drug-likeness (QED) is 0.0217. The molecule has 0 aromatic heterocycles. The molecule has 0 bridgehead atoms. The molecular weight excluding hydrogens is 709 g/mol. The summed E-state index contributed by atoms with van der Waals surface area (Å²) in [7, 11) is 1.66. The van der Waals surface area contributed by atoms with Crippen molar-refractivity contribution in [3.05, 3.63) is 48.6 Å². The maximum Gasteiger partial charge on any atom is 0.472 e. The topological polar surface area (TPSA) is 91.3 Å². The van der Waals surface area contributed by atoms with Gasteiger partial charge < -0.3 is 18.9 Å². The third kappa shape index (κ3) is 43.4. The Labute approximate surface area is 339 Å². The van der Waals surface area contributed by atoms with Gasteiger partial charge in [0, 0.05) is 13.0 Å². The summed E-state index contributed by atoms with van der Waals surface area (Å²) in [5.74, 6) is -0.327. The standard InChI is InChI=1S/C46H86NO7P/c1-6-8-10-12-14-16-18-20-22-23-24-25-26-27-29-31-33-35-37-39-46(48)54-45(44-53-55(49,50)52-42-40-47(3,4)5)43-51-41-38-36-34-32-30-28-21-19-17-15-13-11-9-7-2/h8,10,14,16,20,22,24-25,45H,6-7,9,11-13,15,17-19,21,23,26-44H2,1-5H3/p+1/b10-8-,16-14-,22-20-,25-24-. The molecule has 0 aliphatic carbocycles. The van der Waals surface area contributed by atoms with Gasteiger partial charge in [0.05, 0.1) is 34.4 Å². The predicted octanol–water partition coefficient (Wildman–Crippen LogP) is 13.2. The molecule has 0 spiro atoms. The maximum absolute atomic E-state index is 12.7. The number of hydrogen-bond acceptors (Lipinski definition) is 6. The van der Waals surface area contributed by atoms with E-state index in [1.807, 2.05) is 21.1 Å². The Bertz CT molecular complexity index is 1020. The van der Waals surface area contributed by atoms with Gasteiger partial charge in [0.25, 0.3) is 0 Å². The summed E-state index contributed by atoms with van der Waals surface area (Å²) in [6.45, 7) is 5.50. The van der Waals surface area contributed by atoms with Crippen molar-refractivity contribution >= 4 is 13.8 Å². The van der Waals surface area contributed by atoms with Gasteiger partial charge in [0.15, 0.2) is 0 Å². The van der Waals surface area contributed by atoms with Gasteiger partial charge in [-0.1, -0.05) is 172 Å². The predicted molar refractivity (Wildman–Crippen MR) is 233 cm³/mol. The van der Waals surface area contributed by atoms with Gasteiger partial charge in [-0.25, -0.2) is 4.57 Å². The first-order valence-electron chi connectivity index (χ1n) is 22.4. The van der Waals surface area contributed by atoms with Crippen LogP contribution >= 0.6 is 7.82 Å². The van der Waals surface area contributed by atoms with E-state index in [2.05, 4.69) is 62.5 Å². The van der Waals surface area contributed by atoms with Gasteiger partial charge in [-0.3, -0.25) is 13.8 Å². The molecule has 0 amide bonds. The van der Waals surface area contributed by atoms with E-state index < -0.39 is 13.9 Å². The zero-order chi connectivity index (χ0) is 40.6. The highest BCUT2D eigenvalue weighted by Gasteiger charge is 2.26. The first kappa shape index (κ1) is 53.5. The Balaban J connectivity index is 4.25. The molecule has 2 atom stereocenters. The molecule has 8 nitrogen and oxygen atoms in total. The molecule has 0 heterocycles. The van der Waals surface area contributed by atoms with Gasteiger partial charge in [-0.2, -0.15) is 0 Å². The number of rotatable bonds is 41. The highest BCUT2D eigenvalue weighted by atomic mass is 31.2. The van der Waals surface area contributed by atoms with Crippen molar-refractivity contribution in [3.63, 3.8) is 0 Å². The van der Waals surface area contributed by atoms with Crippen LogP contribution in [0.5, 0.6) is 0 Å². The highest BCUT2D eigenvalue weighted by Crippen LogP contribution is 2.43. The van der Waals surface area contributed by atoms with Gasteiger partial charge in [-0.05, 0) is 51.4 Å². The monoisotopic (exact) mass is 797 g/mol. The molecule has 0 saturated heterocycles. The van der Waals surface area contributed by atoms with Crippen LogP contribution in [0.1, 0.15) is 181 Å². The molecule has 0 fully saturated rings. The number of carbonyl (C=O) groups is 1. The van der Waals surface area contributed by atoms with Crippen molar-refractivity contribution in [1.82, 2.24) is 0 Å². The molecule has 322 valence electrons. The minimum atomic E-state index is -4.28. The average Bonchev–Trinajstić information content (AvgIpc) is 3.13. The van der Waals surface area contributed by atoms with Gasteiger partial charge in [-0.15, -0.1) is 0 Å². The fraction of sp³-hybridized carbons (Fsp3) is 0.804. The van der Waals surface area contributed by atoms with E-state index in [0.29, 0.717) is 24.1 Å². The number of esters is 1. The van der Waals surface area contributed by atoms with Crippen LogP contribution in [0.25, 0.3) is 0 Å². The molecule has 0 aliphatic heterocycles. The zero-order valence-electron chi connectivity index (χ0n) is 36.4. The highest BCUT2D eigenvalue weighted by molar-refractivity contribution is 7.47. The molecule has 0 aliphatic rings. The van der Waals surface area contributed by atoms with Crippen molar-refractivity contribution in [2.75, 3.05) is 54.1 Å². The smallest absolute Gasteiger partial charge is 0.457 e. The fourth-order valence-corrected chi connectivity index (χ4v) is 6.70. The van der Waals surface area contributed by atoms with E-state index in [4.69, 9.17) is 18.5 Å². The van der Waals surface area contributed by atoms with E-state index in [1.54, 1.807) is 0 Å². The number of phosphoric acid groups is 1. The van der Waals surface area contributed by atoms with Crippen LogP contribution in [0.3, 0.4) is 0 Å². The summed E-state index contributed by atoms with van der Waals surface area (Å²) in [5.41, 5.74) is 0. The van der Waals surface area contributed by atoms with Crippen molar-refractivity contribution in [2.24, 2.45) is 0 Å². The lowest BCUT2D eigenvalue weighted by Crippen LogP contribution is -2.37. The van der Waals surface area contributed by atoms with E-state index in [0.717, 1.165) is 70.6 Å². The Morgan fingerprint density at radius 2 is 1.05 bits per heavy atom. The summed E-state index contributed by atoms with van der Waals surface area (Å²) in [6.07, 6.45) is 47.1. The summed E-state index contributed by atoms with van der Waals surface area (Å²) < 4.78 is 35.0. The first-order chi connectivity index (χ1) is 26.6. The van der Waals surface area contributed by atoms with Crippen LogP contribution < -0.4 is 0 Å². The second-order valence-corrected chi connectivity index (χ2v) is 17.5. The largest absolute Gasteiger partial charge is 0.472 e. The second kappa shape index (κ2) is 39.3. The number of unbranched alkanes of at least 4 members (excludes halogenated alkanes) is 19. The Morgan fingerprint density at radius 1 is 0.582 bits per heavy atom. The van der Waals surface area contributed by atoms with Crippen LogP contribution in [0.2, 0.25) is 0 Å². The molecule has 0 aromatic rings. The molecular formula is C46H87NO7P+. The summed E-state index contributed by atoms with van der Waals surface area (Å²) >= 11 is 0. The van der Waals surface area contributed by atoms with Crippen molar-refractivity contribution < 1.29 is 37.3 Å². The molecule has 0 aromatic carbocycles. The van der Waals surface area contributed by atoms with Crippen molar-refractivity contribution in [1.29, 1.82) is 0 Å². The number of carbonyl (C=O) groups excluding carboxylic acids is 1.